The largest absolute Gasteiger partial charge is 0.489 e. The Morgan fingerprint density at radius 2 is 2.00 bits per heavy atom. The van der Waals surface area contributed by atoms with E-state index >= 15 is 0 Å². The van der Waals surface area contributed by atoms with E-state index in [9.17, 15) is 10.1 Å². The Bertz CT molecular complexity index is 1190. The lowest BCUT2D eigenvalue weighted by Gasteiger charge is -2.24. The molecule has 0 saturated carbocycles. The molecule has 0 fully saturated rings. The number of nitrogens with one attached hydrogen (secondary N) is 1. The molecule has 1 atom stereocenters. The lowest BCUT2D eigenvalue weighted by molar-refractivity contribution is -0.384. The third-order valence-electron chi connectivity index (χ3n) is 4.77. The molecule has 3 heterocycles. The molecular formula is C18H15ClN6O4. The maximum atomic E-state index is 11.3. The van der Waals surface area contributed by atoms with Crippen LogP contribution in [0.25, 0.3) is 11.0 Å². The number of hydrogen-bond acceptors (Lipinski definition) is 8. The van der Waals surface area contributed by atoms with Gasteiger partial charge in [-0.2, -0.15) is 0 Å². The number of guanidine groups is 1. The van der Waals surface area contributed by atoms with Gasteiger partial charge in [-0.05, 0) is 6.07 Å². The fourth-order valence-electron chi connectivity index (χ4n) is 3.48. The predicted molar refractivity (Wildman–Crippen MR) is 107 cm³/mol. The molecule has 2 aliphatic rings. The van der Waals surface area contributed by atoms with Crippen LogP contribution in [0.1, 0.15) is 18.2 Å². The lowest BCUT2D eigenvalue weighted by Crippen LogP contribution is -2.31. The zero-order chi connectivity index (χ0) is 20.1. The Labute approximate surface area is 169 Å². The molecule has 2 aliphatic heterocycles. The monoisotopic (exact) mass is 414 g/mol. The Morgan fingerprint density at radius 1 is 1.24 bits per heavy atom. The van der Waals surface area contributed by atoms with Crippen LogP contribution in [0.15, 0.2) is 35.3 Å². The number of hydrogen-bond donors (Lipinski definition) is 2. The number of imidazole rings is 1. The van der Waals surface area contributed by atoms with Gasteiger partial charge in [-0.3, -0.25) is 20.0 Å². The number of nitro benzene ring substituents is 1. The number of non-ortho nitro benzene ring substituents is 1. The van der Waals surface area contributed by atoms with Crippen LogP contribution >= 0.6 is 11.6 Å². The number of anilines is 1. The van der Waals surface area contributed by atoms with Crippen LogP contribution in [0.5, 0.6) is 11.5 Å². The van der Waals surface area contributed by atoms with Crippen molar-refractivity contribution in [1.29, 1.82) is 0 Å². The van der Waals surface area contributed by atoms with Gasteiger partial charge in [-0.25, -0.2) is 9.98 Å². The fourth-order valence-corrected chi connectivity index (χ4v) is 3.69. The zero-order valence-electron chi connectivity index (χ0n) is 15.0. The molecular weight excluding hydrogens is 400 g/mol. The second kappa shape index (κ2) is 6.52. The van der Waals surface area contributed by atoms with Gasteiger partial charge in [0.1, 0.15) is 0 Å². The second-order valence-electron chi connectivity index (χ2n) is 6.62. The SMILES string of the molecule is NC1=NC(c2cc([N+](=O)[O-])ccc2Cl)n2c(nc3cc4c(cc32)OCCCO4)N1. The minimum absolute atomic E-state index is 0.0896. The summed E-state index contributed by atoms with van der Waals surface area (Å²) in [7, 11) is 0. The normalized spacial score (nSPS) is 17.8. The Hall–Kier alpha value is -3.53. The van der Waals surface area contributed by atoms with Gasteiger partial charge in [0, 0.05) is 41.3 Å². The van der Waals surface area contributed by atoms with E-state index in [4.69, 9.17) is 26.8 Å². The van der Waals surface area contributed by atoms with Crippen molar-refractivity contribution in [2.45, 2.75) is 12.6 Å². The minimum atomic E-state index is -0.728. The minimum Gasteiger partial charge on any atom is -0.489 e. The second-order valence-corrected chi connectivity index (χ2v) is 7.03. The Kier molecular flexibility index (Phi) is 3.95. The highest BCUT2D eigenvalue weighted by atomic mass is 35.5. The third-order valence-corrected chi connectivity index (χ3v) is 5.12. The molecule has 10 nitrogen and oxygen atoms in total. The number of nitro groups is 1. The third kappa shape index (κ3) is 2.88. The van der Waals surface area contributed by atoms with Crippen molar-refractivity contribution in [2.75, 3.05) is 18.5 Å². The van der Waals surface area contributed by atoms with Crippen molar-refractivity contribution in [2.24, 2.45) is 10.7 Å². The summed E-state index contributed by atoms with van der Waals surface area (Å²) in [5.41, 5.74) is 7.66. The molecule has 11 heteroatoms. The van der Waals surface area contributed by atoms with Gasteiger partial charge < -0.3 is 15.2 Å². The number of benzene rings is 2. The van der Waals surface area contributed by atoms with E-state index in [0.717, 1.165) is 6.42 Å². The highest BCUT2D eigenvalue weighted by Gasteiger charge is 2.29. The average molecular weight is 415 g/mol. The van der Waals surface area contributed by atoms with Crippen LogP contribution in [-0.4, -0.2) is 33.6 Å². The van der Waals surface area contributed by atoms with E-state index in [1.807, 2.05) is 6.07 Å². The summed E-state index contributed by atoms with van der Waals surface area (Å²) in [6.45, 7) is 1.11. The molecule has 0 saturated heterocycles. The number of ether oxygens (including phenoxy) is 2. The smallest absolute Gasteiger partial charge is 0.269 e. The summed E-state index contributed by atoms with van der Waals surface area (Å²) in [4.78, 5) is 19.8. The molecule has 0 amide bonds. The highest BCUT2D eigenvalue weighted by molar-refractivity contribution is 6.31. The summed E-state index contributed by atoms with van der Waals surface area (Å²) < 4.78 is 13.3. The lowest BCUT2D eigenvalue weighted by atomic mass is 10.1. The van der Waals surface area contributed by atoms with Crippen LogP contribution in [0.4, 0.5) is 11.6 Å². The molecule has 148 valence electrons. The number of nitrogens with zero attached hydrogens (tertiary/aromatic N) is 4. The summed E-state index contributed by atoms with van der Waals surface area (Å²) >= 11 is 6.37. The molecule has 29 heavy (non-hydrogen) atoms. The van der Waals surface area contributed by atoms with Crippen molar-refractivity contribution in [3.8, 4) is 11.5 Å². The molecule has 1 unspecified atom stereocenters. The first-order chi connectivity index (χ1) is 14.0. The highest BCUT2D eigenvalue weighted by Crippen LogP contribution is 2.40. The number of aliphatic imine (C=N–C) groups is 1. The van der Waals surface area contributed by atoms with E-state index in [1.54, 1.807) is 10.6 Å². The van der Waals surface area contributed by atoms with E-state index in [-0.39, 0.29) is 11.6 Å². The molecule has 5 rings (SSSR count). The summed E-state index contributed by atoms with van der Waals surface area (Å²) in [5, 5.41) is 14.5. The van der Waals surface area contributed by atoms with Crippen LogP contribution in [0.3, 0.4) is 0 Å². The summed E-state index contributed by atoms with van der Waals surface area (Å²) in [6.07, 6.45) is 0.0553. The Morgan fingerprint density at radius 3 is 2.76 bits per heavy atom. The van der Waals surface area contributed by atoms with Crippen molar-refractivity contribution in [3.63, 3.8) is 0 Å². The quantitative estimate of drug-likeness (QED) is 0.486. The maximum absolute atomic E-state index is 11.3. The van der Waals surface area contributed by atoms with E-state index in [2.05, 4.69) is 15.3 Å². The molecule has 0 aliphatic carbocycles. The van der Waals surface area contributed by atoms with Crippen LogP contribution in [0, 0.1) is 10.1 Å². The topological polar surface area (TPSA) is 130 Å². The van der Waals surface area contributed by atoms with Crippen molar-refractivity contribution >= 4 is 40.2 Å². The van der Waals surface area contributed by atoms with E-state index in [0.29, 0.717) is 52.3 Å². The van der Waals surface area contributed by atoms with Gasteiger partial charge in [0.2, 0.25) is 5.95 Å². The molecule has 3 aromatic rings. The van der Waals surface area contributed by atoms with Gasteiger partial charge in [0.25, 0.3) is 5.69 Å². The first kappa shape index (κ1) is 17.6. The van der Waals surface area contributed by atoms with Gasteiger partial charge in [-0.1, -0.05) is 11.6 Å². The number of rotatable bonds is 2. The standard InChI is InChI=1S/C18H15ClN6O4/c19-11-3-2-9(25(26)27)6-10(11)16-22-17(20)23-18-21-12-7-14-15(8-13(12)24(16)18)29-5-1-4-28-14/h2-3,6-8,16H,1,4-5H2,(H3,20,21,22,23). The molecule has 3 N–H and O–H groups in total. The molecule has 2 aromatic carbocycles. The van der Waals surface area contributed by atoms with Gasteiger partial charge in [-0.15, -0.1) is 0 Å². The number of fused-ring (bicyclic) bond motifs is 4. The summed E-state index contributed by atoms with van der Waals surface area (Å²) in [5.74, 6) is 1.79. The fraction of sp³-hybridized carbons (Fsp3) is 0.222. The summed E-state index contributed by atoms with van der Waals surface area (Å²) in [6, 6.07) is 7.84. The molecule has 0 radical (unpaired) electrons. The van der Waals surface area contributed by atoms with Crippen molar-refractivity contribution in [1.82, 2.24) is 9.55 Å². The average Bonchev–Trinajstić information content (AvgIpc) is 2.87. The maximum Gasteiger partial charge on any atom is 0.269 e. The molecule has 0 spiro atoms. The first-order valence-electron chi connectivity index (χ1n) is 8.87. The number of nitrogens with two attached hydrogens (primary N) is 1. The van der Waals surface area contributed by atoms with Gasteiger partial charge in [0.15, 0.2) is 23.6 Å². The first-order valence-corrected chi connectivity index (χ1v) is 9.25. The zero-order valence-corrected chi connectivity index (χ0v) is 15.7. The van der Waals surface area contributed by atoms with E-state index in [1.165, 1.54) is 18.2 Å². The predicted octanol–water partition coefficient (Wildman–Crippen LogP) is 3.05. The van der Waals surface area contributed by atoms with Crippen LogP contribution < -0.4 is 20.5 Å². The van der Waals surface area contributed by atoms with E-state index < -0.39 is 11.1 Å². The molecule has 0 bridgehead atoms. The number of aromatic nitrogens is 2. The van der Waals surface area contributed by atoms with Gasteiger partial charge in [0.05, 0.1) is 29.2 Å². The Balaban J connectivity index is 1.72. The van der Waals surface area contributed by atoms with Crippen molar-refractivity contribution in [3.05, 3.63) is 51.0 Å². The van der Waals surface area contributed by atoms with Crippen LogP contribution in [-0.2, 0) is 0 Å². The van der Waals surface area contributed by atoms with Crippen molar-refractivity contribution < 1.29 is 14.4 Å². The van der Waals surface area contributed by atoms with Crippen LogP contribution in [0.2, 0.25) is 5.02 Å². The molecule has 1 aromatic heterocycles. The number of halogens is 1. The van der Waals surface area contributed by atoms with Gasteiger partial charge >= 0.3 is 0 Å².